The predicted molar refractivity (Wildman–Crippen MR) is 111 cm³/mol. The van der Waals surface area contributed by atoms with E-state index < -0.39 is 6.10 Å². The third-order valence-corrected chi connectivity index (χ3v) is 5.52. The molecule has 158 valence electrons. The Morgan fingerprint density at radius 2 is 2.17 bits per heavy atom. The Morgan fingerprint density at radius 3 is 2.93 bits per heavy atom. The number of benzene rings is 1. The molecule has 0 bridgehead atoms. The smallest absolute Gasteiger partial charge is 0.226 e. The van der Waals surface area contributed by atoms with Crippen molar-refractivity contribution in [2.75, 3.05) is 13.1 Å². The maximum atomic E-state index is 12.6. The summed E-state index contributed by atoms with van der Waals surface area (Å²) in [6.45, 7) is 4.91. The van der Waals surface area contributed by atoms with Crippen LogP contribution in [0.4, 0.5) is 0 Å². The van der Waals surface area contributed by atoms with Crippen LogP contribution in [0.2, 0.25) is 0 Å². The van der Waals surface area contributed by atoms with Gasteiger partial charge in [0, 0.05) is 43.1 Å². The van der Waals surface area contributed by atoms with E-state index in [-0.39, 0.29) is 11.8 Å². The lowest BCUT2D eigenvalue weighted by Gasteiger charge is -2.15. The lowest BCUT2D eigenvalue weighted by molar-refractivity contribution is -0.130. The summed E-state index contributed by atoms with van der Waals surface area (Å²) in [6.07, 6.45) is 1.72. The number of β-amino-alcohol motifs (C(OH)–C–C–N with tert-alkyl or cyclic N) is 1. The minimum absolute atomic E-state index is 0.0180. The molecule has 1 aromatic carbocycles. The number of aliphatic hydroxyl groups excluding tert-OH is 1. The Kier molecular flexibility index (Phi) is 5.94. The Labute approximate surface area is 175 Å². The van der Waals surface area contributed by atoms with Crippen molar-refractivity contribution < 1.29 is 14.4 Å². The van der Waals surface area contributed by atoms with Crippen molar-refractivity contribution >= 4 is 5.91 Å². The van der Waals surface area contributed by atoms with Crippen molar-refractivity contribution in [1.82, 2.24) is 25.2 Å². The summed E-state index contributed by atoms with van der Waals surface area (Å²) in [5.41, 5.74) is 3.98. The number of nitrogens with one attached hydrogen (secondary N) is 1. The van der Waals surface area contributed by atoms with Crippen molar-refractivity contribution in [3.8, 4) is 11.4 Å². The number of carbonyl (C=O) groups excluding carboxylic acids is 1. The zero-order valence-corrected chi connectivity index (χ0v) is 17.3. The fourth-order valence-corrected chi connectivity index (χ4v) is 3.91. The van der Waals surface area contributed by atoms with E-state index in [2.05, 4.69) is 20.3 Å². The van der Waals surface area contributed by atoms with Gasteiger partial charge in [0.1, 0.15) is 0 Å². The van der Waals surface area contributed by atoms with Crippen LogP contribution in [0.1, 0.15) is 35.7 Å². The first-order chi connectivity index (χ1) is 14.5. The molecule has 4 rings (SSSR count). The van der Waals surface area contributed by atoms with Crippen LogP contribution >= 0.6 is 0 Å². The molecule has 3 aromatic rings. The second-order valence-electron chi connectivity index (χ2n) is 8.11. The SMILES string of the molecule is Cc1cccc(-c2noc(CCCC(=O)N3C[C@@H](Cc4cc(C)[nH]n4)[C@@H](O)C3)n2)c1. The highest BCUT2D eigenvalue weighted by molar-refractivity contribution is 5.76. The molecule has 1 fully saturated rings. The molecule has 2 aromatic heterocycles. The van der Waals surface area contributed by atoms with Gasteiger partial charge in [-0.25, -0.2) is 0 Å². The molecule has 2 atom stereocenters. The van der Waals surface area contributed by atoms with Gasteiger partial charge in [-0.15, -0.1) is 0 Å². The van der Waals surface area contributed by atoms with E-state index >= 15 is 0 Å². The van der Waals surface area contributed by atoms with Crippen molar-refractivity contribution in [1.29, 1.82) is 0 Å². The molecule has 3 heterocycles. The average molecular weight is 409 g/mol. The van der Waals surface area contributed by atoms with Gasteiger partial charge in [-0.2, -0.15) is 10.1 Å². The third kappa shape index (κ3) is 4.76. The molecule has 1 amide bonds. The normalized spacial score (nSPS) is 18.8. The number of rotatable bonds is 7. The second-order valence-corrected chi connectivity index (χ2v) is 8.11. The number of H-pyrrole nitrogens is 1. The van der Waals surface area contributed by atoms with Crippen LogP contribution in [0.25, 0.3) is 11.4 Å². The Bertz CT molecular complexity index is 1010. The van der Waals surface area contributed by atoms with E-state index in [1.54, 1.807) is 4.90 Å². The number of aromatic nitrogens is 4. The molecule has 1 aliphatic rings. The molecule has 1 saturated heterocycles. The number of amides is 1. The van der Waals surface area contributed by atoms with Gasteiger partial charge in [-0.3, -0.25) is 9.89 Å². The Balaban J connectivity index is 1.25. The topological polar surface area (TPSA) is 108 Å². The number of nitrogens with zero attached hydrogens (tertiary/aromatic N) is 4. The molecule has 1 aliphatic heterocycles. The summed E-state index contributed by atoms with van der Waals surface area (Å²) >= 11 is 0. The summed E-state index contributed by atoms with van der Waals surface area (Å²) in [6, 6.07) is 9.92. The lowest BCUT2D eigenvalue weighted by Crippen LogP contribution is -2.29. The molecule has 8 heteroatoms. The summed E-state index contributed by atoms with van der Waals surface area (Å²) in [4.78, 5) is 18.8. The van der Waals surface area contributed by atoms with Crippen molar-refractivity contribution in [3.05, 3.63) is 53.2 Å². The third-order valence-electron chi connectivity index (χ3n) is 5.52. The standard InChI is InChI=1S/C22H27N5O3/c1-14-5-3-6-16(9-14)22-23-20(30-26-22)7-4-8-21(29)27-12-17(19(28)13-27)11-18-10-15(2)24-25-18/h3,5-6,9-10,17,19,28H,4,7-8,11-13H2,1-2H3,(H,24,25)/t17-,19+/m1/s1. The number of aliphatic hydroxyl groups is 1. The number of aromatic amines is 1. The summed E-state index contributed by atoms with van der Waals surface area (Å²) in [7, 11) is 0. The molecule has 0 aliphatic carbocycles. The molecular formula is C22H27N5O3. The first-order valence-corrected chi connectivity index (χ1v) is 10.3. The Morgan fingerprint density at radius 1 is 1.30 bits per heavy atom. The number of hydrogen-bond acceptors (Lipinski definition) is 6. The van der Waals surface area contributed by atoms with Crippen molar-refractivity contribution in [2.24, 2.45) is 5.92 Å². The second kappa shape index (κ2) is 8.79. The van der Waals surface area contributed by atoms with Gasteiger partial charge in [0.25, 0.3) is 0 Å². The molecule has 0 spiro atoms. The van der Waals surface area contributed by atoms with Crippen LogP contribution < -0.4 is 0 Å². The van der Waals surface area contributed by atoms with Crippen LogP contribution in [0, 0.1) is 19.8 Å². The van der Waals surface area contributed by atoms with Gasteiger partial charge >= 0.3 is 0 Å². The maximum Gasteiger partial charge on any atom is 0.226 e. The van der Waals surface area contributed by atoms with Gasteiger partial charge in [0.2, 0.25) is 17.6 Å². The lowest BCUT2D eigenvalue weighted by atomic mass is 10.0. The predicted octanol–water partition coefficient (Wildman–Crippen LogP) is 2.46. The first-order valence-electron chi connectivity index (χ1n) is 10.3. The maximum absolute atomic E-state index is 12.6. The molecule has 30 heavy (non-hydrogen) atoms. The summed E-state index contributed by atoms with van der Waals surface area (Å²) in [5, 5.41) is 21.5. The van der Waals surface area contributed by atoms with Gasteiger partial charge in [0.05, 0.1) is 11.8 Å². The first kappa shape index (κ1) is 20.3. The molecular weight excluding hydrogens is 382 g/mol. The minimum Gasteiger partial charge on any atom is -0.391 e. The number of aryl methyl sites for hydroxylation is 3. The molecule has 2 N–H and O–H groups in total. The molecule has 0 unspecified atom stereocenters. The van der Waals surface area contributed by atoms with E-state index in [0.29, 0.717) is 50.5 Å². The van der Waals surface area contributed by atoms with E-state index in [9.17, 15) is 9.90 Å². The van der Waals surface area contributed by atoms with E-state index in [0.717, 1.165) is 22.5 Å². The number of likely N-dealkylation sites (tertiary alicyclic amines) is 1. The van der Waals surface area contributed by atoms with Crippen LogP contribution in [-0.4, -0.2) is 55.4 Å². The highest BCUT2D eigenvalue weighted by Crippen LogP contribution is 2.22. The van der Waals surface area contributed by atoms with E-state index in [4.69, 9.17) is 4.52 Å². The highest BCUT2D eigenvalue weighted by Gasteiger charge is 2.34. The average Bonchev–Trinajstić information content (AvgIpc) is 3.43. The highest BCUT2D eigenvalue weighted by atomic mass is 16.5. The zero-order valence-electron chi connectivity index (χ0n) is 17.3. The summed E-state index contributed by atoms with van der Waals surface area (Å²) < 4.78 is 5.33. The largest absolute Gasteiger partial charge is 0.391 e. The van der Waals surface area contributed by atoms with Crippen molar-refractivity contribution in [3.63, 3.8) is 0 Å². The fraction of sp³-hybridized carbons (Fsp3) is 0.455. The number of hydrogen-bond donors (Lipinski definition) is 2. The number of carbonyl (C=O) groups is 1. The quantitative estimate of drug-likeness (QED) is 0.621. The Hall–Kier alpha value is -3.00. The van der Waals surface area contributed by atoms with Crippen LogP contribution in [-0.2, 0) is 17.6 Å². The molecule has 0 radical (unpaired) electrons. The monoisotopic (exact) mass is 409 g/mol. The minimum atomic E-state index is -0.515. The van der Waals surface area contributed by atoms with Crippen LogP contribution in [0.15, 0.2) is 34.9 Å². The summed E-state index contributed by atoms with van der Waals surface area (Å²) in [5.74, 6) is 1.17. The van der Waals surface area contributed by atoms with Gasteiger partial charge < -0.3 is 14.5 Å². The van der Waals surface area contributed by atoms with Gasteiger partial charge in [0.15, 0.2) is 0 Å². The zero-order chi connectivity index (χ0) is 21.1. The van der Waals surface area contributed by atoms with Crippen LogP contribution in [0.5, 0.6) is 0 Å². The van der Waals surface area contributed by atoms with Gasteiger partial charge in [-0.05, 0) is 38.8 Å². The molecule has 0 saturated carbocycles. The van der Waals surface area contributed by atoms with E-state index in [1.165, 1.54) is 0 Å². The molecule has 8 nitrogen and oxygen atoms in total. The van der Waals surface area contributed by atoms with Gasteiger partial charge in [-0.1, -0.05) is 28.9 Å². The van der Waals surface area contributed by atoms with Crippen molar-refractivity contribution in [2.45, 2.75) is 45.6 Å². The van der Waals surface area contributed by atoms with Crippen LogP contribution in [0.3, 0.4) is 0 Å². The fourth-order valence-electron chi connectivity index (χ4n) is 3.91. The van der Waals surface area contributed by atoms with E-state index in [1.807, 2.05) is 44.2 Å².